The summed E-state index contributed by atoms with van der Waals surface area (Å²) in [7, 11) is 0. The van der Waals surface area contributed by atoms with Crippen molar-refractivity contribution in [2.24, 2.45) is 0 Å². The van der Waals surface area contributed by atoms with Gasteiger partial charge in [-0.3, -0.25) is 4.79 Å². The first kappa shape index (κ1) is 19.0. The van der Waals surface area contributed by atoms with Gasteiger partial charge in [0.1, 0.15) is 11.3 Å². The molecule has 0 aliphatic heterocycles. The fourth-order valence-electron chi connectivity index (χ4n) is 3.35. The zero-order chi connectivity index (χ0) is 20.2. The Kier molecular flexibility index (Phi) is 5.44. The van der Waals surface area contributed by atoms with E-state index in [9.17, 15) is 4.79 Å². The molecule has 146 valence electrons. The van der Waals surface area contributed by atoms with Gasteiger partial charge in [-0.05, 0) is 24.1 Å². The molecular weight excluding hydrogens is 382 g/mol. The van der Waals surface area contributed by atoms with Crippen molar-refractivity contribution in [1.82, 2.24) is 4.98 Å². The number of carbonyl (C=O) groups is 1. The van der Waals surface area contributed by atoms with Gasteiger partial charge in [0.05, 0.1) is 17.2 Å². The Morgan fingerprint density at radius 3 is 2.28 bits per heavy atom. The maximum absolute atomic E-state index is 13.3. The van der Waals surface area contributed by atoms with Crippen molar-refractivity contribution in [2.45, 2.75) is 12.8 Å². The summed E-state index contributed by atoms with van der Waals surface area (Å²) < 4.78 is 6.60. The van der Waals surface area contributed by atoms with Crippen LogP contribution in [0.1, 0.15) is 24.0 Å². The van der Waals surface area contributed by atoms with E-state index in [0.717, 1.165) is 21.3 Å². The molecule has 0 aliphatic rings. The predicted octanol–water partition coefficient (Wildman–Crippen LogP) is 5.05. The second-order valence-corrected chi connectivity index (χ2v) is 7.61. The second kappa shape index (κ2) is 8.32. The van der Waals surface area contributed by atoms with Crippen molar-refractivity contribution in [1.29, 1.82) is 0 Å². The Morgan fingerprint density at radius 2 is 1.69 bits per heavy atom. The van der Waals surface area contributed by atoms with Gasteiger partial charge in [-0.25, -0.2) is 4.98 Å². The highest BCUT2D eigenvalue weighted by atomic mass is 32.1. The van der Waals surface area contributed by atoms with Gasteiger partial charge < -0.3 is 15.8 Å². The number of ether oxygens (including phenoxy) is 1. The van der Waals surface area contributed by atoms with Gasteiger partial charge >= 0.3 is 0 Å². The van der Waals surface area contributed by atoms with Gasteiger partial charge in [0.15, 0.2) is 5.13 Å². The summed E-state index contributed by atoms with van der Waals surface area (Å²) in [6, 6.07) is 23.2. The van der Waals surface area contributed by atoms with Crippen LogP contribution >= 0.6 is 11.3 Å². The summed E-state index contributed by atoms with van der Waals surface area (Å²) in [5.41, 5.74) is 9.12. The van der Waals surface area contributed by atoms with Crippen LogP contribution in [0, 0.1) is 0 Å². The van der Waals surface area contributed by atoms with Gasteiger partial charge in [-0.1, -0.05) is 72.0 Å². The number of nitrogens with two attached hydrogens (primary N) is 1. The third-order valence-electron chi connectivity index (χ3n) is 4.57. The number of thiazole rings is 1. The number of hydrogen-bond donors (Lipinski definition) is 2. The minimum absolute atomic E-state index is 0.110. The van der Waals surface area contributed by atoms with E-state index in [0.29, 0.717) is 23.2 Å². The highest BCUT2D eigenvalue weighted by molar-refractivity contribution is 7.22. The van der Waals surface area contributed by atoms with Crippen LogP contribution in [-0.4, -0.2) is 17.5 Å². The maximum atomic E-state index is 13.3. The smallest absolute Gasteiger partial charge is 0.236 e. The van der Waals surface area contributed by atoms with Crippen LogP contribution in [-0.2, 0) is 4.79 Å². The number of rotatable bonds is 6. The molecule has 0 aliphatic carbocycles. The number of anilines is 2. The van der Waals surface area contributed by atoms with E-state index in [1.165, 1.54) is 11.3 Å². The summed E-state index contributed by atoms with van der Waals surface area (Å²) in [6.45, 7) is 2.41. The van der Waals surface area contributed by atoms with Crippen molar-refractivity contribution in [3.8, 4) is 5.75 Å². The number of fused-ring (bicyclic) bond motifs is 1. The van der Waals surface area contributed by atoms with Crippen LogP contribution in [0.15, 0.2) is 72.8 Å². The Balaban J connectivity index is 1.71. The van der Waals surface area contributed by atoms with Crippen LogP contribution in [0.2, 0.25) is 0 Å². The minimum Gasteiger partial charge on any atom is -0.491 e. The lowest BCUT2D eigenvalue weighted by molar-refractivity contribution is -0.116. The molecule has 1 aromatic heterocycles. The molecule has 4 aromatic rings. The molecule has 3 N–H and O–H groups in total. The third kappa shape index (κ3) is 4.07. The van der Waals surface area contributed by atoms with Crippen molar-refractivity contribution in [2.75, 3.05) is 17.7 Å². The van der Waals surface area contributed by atoms with Gasteiger partial charge in [0.2, 0.25) is 5.91 Å². The van der Waals surface area contributed by atoms with Crippen LogP contribution in [0.5, 0.6) is 5.75 Å². The number of nitrogens with one attached hydrogen (secondary N) is 1. The fraction of sp³-hybridized carbons (Fsp3) is 0.130. The van der Waals surface area contributed by atoms with E-state index in [1.54, 1.807) is 6.07 Å². The molecule has 3 aromatic carbocycles. The first-order chi connectivity index (χ1) is 14.2. The van der Waals surface area contributed by atoms with Crippen LogP contribution in [0.4, 0.5) is 10.8 Å². The molecule has 6 heteroatoms. The number of benzene rings is 3. The van der Waals surface area contributed by atoms with E-state index in [-0.39, 0.29) is 5.91 Å². The number of nitrogen functional groups attached to an aromatic ring is 1. The highest BCUT2D eigenvalue weighted by Crippen LogP contribution is 2.35. The molecule has 1 amide bonds. The lowest BCUT2D eigenvalue weighted by Crippen LogP contribution is -2.22. The summed E-state index contributed by atoms with van der Waals surface area (Å²) in [4.78, 5) is 17.7. The van der Waals surface area contributed by atoms with Gasteiger partial charge in [-0.15, -0.1) is 0 Å². The molecule has 4 rings (SSSR count). The molecule has 29 heavy (non-hydrogen) atoms. The molecule has 0 saturated heterocycles. The summed E-state index contributed by atoms with van der Waals surface area (Å²) >= 11 is 1.37. The molecule has 0 saturated carbocycles. The third-order valence-corrected chi connectivity index (χ3v) is 5.40. The van der Waals surface area contributed by atoms with Crippen LogP contribution in [0.3, 0.4) is 0 Å². The van der Waals surface area contributed by atoms with Crippen LogP contribution in [0.25, 0.3) is 10.2 Å². The van der Waals surface area contributed by atoms with Crippen molar-refractivity contribution in [3.63, 3.8) is 0 Å². The van der Waals surface area contributed by atoms with Crippen molar-refractivity contribution >= 4 is 38.3 Å². The van der Waals surface area contributed by atoms with Gasteiger partial charge in [0.25, 0.3) is 0 Å². The fourth-order valence-corrected chi connectivity index (χ4v) is 4.15. The molecule has 0 radical (unpaired) electrons. The Morgan fingerprint density at radius 1 is 1.07 bits per heavy atom. The molecule has 0 unspecified atom stereocenters. The average Bonchev–Trinajstić information content (AvgIpc) is 3.10. The lowest BCUT2D eigenvalue weighted by atomic mass is 9.90. The quantitative estimate of drug-likeness (QED) is 0.472. The number of hydrogen-bond acceptors (Lipinski definition) is 5. The predicted molar refractivity (Wildman–Crippen MR) is 119 cm³/mol. The molecule has 0 bridgehead atoms. The standard InChI is InChI=1S/C23H21N3O2S/c1-2-28-18-13-17(14-19-21(18)26-23(24)29-19)25-22(27)20(15-9-5-3-6-10-15)16-11-7-4-8-12-16/h3-14,20H,2H2,1H3,(H2,24,26)(H,25,27). The summed E-state index contributed by atoms with van der Waals surface area (Å²) in [5, 5.41) is 3.53. The first-order valence-corrected chi connectivity index (χ1v) is 10.2. The zero-order valence-electron chi connectivity index (χ0n) is 16.0. The number of aromatic nitrogens is 1. The normalized spacial score (nSPS) is 11.0. The van der Waals surface area contributed by atoms with Crippen LogP contribution < -0.4 is 15.8 Å². The number of nitrogens with zero attached hydrogens (tertiary/aromatic N) is 1. The van der Waals surface area contributed by atoms with E-state index >= 15 is 0 Å². The Hall–Kier alpha value is -3.38. The maximum Gasteiger partial charge on any atom is 0.236 e. The molecular formula is C23H21N3O2S. The Labute approximate surface area is 173 Å². The lowest BCUT2D eigenvalue weighted by Gasteiger charge is -2.18. The van der Waals surface area contributed by atoms with Gasteiger partial charge in [-0.2, -0.15) is 0 Å². The van der Waals surface area contributed by atoms with Gasteiger partial charge in [0, 0.05) is 11.8 Å². The average molecular weight is 404 g/mol. The summed E-state index contributed by atoms with van der Waals surface area (Å²) in [6.07, 6.45) is 0. The minimum atomic E-state index is -0.421. The largest absolute Gasteiger partial charge is 0.491 e. The van der Waals surface area contributed by atoms with E-state index in [1.807, 2.05) is 73.7 Å². The molecule has 0 fully saturated rings. The number of carbonyl (C=O) groups excluding carboxylic acids is 1. The number of amides is 1. The first-order valence-electron chi connectivity index (χ1n) is 9.39. The topological polar surface area (TPSA) is 77.2 Å². The zero-order valence-corrected chi connectivity index (χ0v) is 16.8. The van der Waals surface area contributed by atoms with E-state index in [4.69, 9.17) is 10.5 Å². The van der Waals surface area contributed by atoms with Crippen molar-refractivity contribution in [3.05, 3.63) is 83.9 Å². The molecule has 5 nitrogen and oxygen atoms in total. The highest BCUT2D eigenvalue weighted by Gasteiger charge is 2.23. The van der Waals surface area contributed by atoms with E-state index < -0.39 is 5.92 Å². The molecule has 0 atom stereocenters. The Bertz CT molecular complexity index is 1090. The molecule has 1 heterocycles. The monoisotopic (exact) mass is 403 g/mol. The SMILES string of the molecule is CCOc1cc(NC(=O)C(c2ccccc2)c2ccccc2)cc2sc(N)nc12. The van der Waals surface area contributed by atoms with Crippen molar-refractivity contribution < 1.29 is 9.53 Å². The second-order valence-electron chi connectivity index (χ2n) is 6.55. The van der Waals surface area contributed by atoms with E-state index in [2.05, 4.69) is 10.3 Å². The summed E-state index contributed by atoms with van der Waals surface area (Å²) in [5.74, 6) is 0.0843. The molecule has 0 spiro atoms.